The molecule has 1 saturated heterocycles. The van der Waals surface area contributed by atoms with Crippen LogP contribution in [-0.4, -0.2) is 70.2 Å². The molecule has 1 aromatic heterocycles. The topological polar surface area (TPSA) is 97.8 Å². The minimum absolute atomic E-state index is 0.0108. The Kier molecular flexibility index (Phi) is 10.3. The van der Waals surface area contributed by atoms with E-state index in [-0.39, 0.29) is 24.8 Å². The van der Waals surface area contributed by atoms with Gasteiger partial charge in [0.15, 0.2) is 0 Å². The summed E-state index contributed by atoms with van der Waals surface area (Å²) < 4.78 is 57.0. The van der Waals surface area contributed by atoms with Gasteiger partial charge in [0.2, 0.25) is 0 Å². The van der Waals surface area contributed by atoms with Crippen LogP contribution in [0.1, 0.15) is 45.9 Å². The van der Waals surface area contributed by atoms with Crippen molar-refractivity contribution in [2.45, 2.75) is 70.8 Å². The monoisotopic (exact) mass is 520 g/mol. The molecule has 0 radical (unpaired) electrons. The maximum Gasteiger partial charge on any atom is 0.423 e. The fourth-order valence-corrected chi connectivity index (χ4v) is 4.03. The van der Waals surface area contributed by atoms with Crippen LogP contribution in [0.15, 0.2) is 15.8 Å². The first-order valence-electron chi connectivity index (χ1n) is 11.1. The van der Waals surface area contributed by atoms with E-state index < -0.39 is 41.4 Å². The molecule has 9 nitrogen and oxygen atoms in total. The van der Waals surface area contributed by atoms with Gasteiger partial charge in [0.25, 0.3) is 10.7 Å². The molecule has 1 aliphatic heterocycles. The molecule has 0 bridgehead atoms. The molecule has 0 amide bonds. The summed E-state index contributed by atoms with van der Waals surface area (Å²) in [5.74, 6) is 2.31. The number of nitrogens with one attached hydrogen (secondary N) is 2. The van der Waals surface area contributed by atoms with Gasteiger partial charge in [-0.25, -0.2) is 4.79 Å². The second kappa shape index (κ2) is 12.5. The zero-order valence-corrected chi connectivity index (χ0v) is 20.9. The number of rotatable bonds is 10. The quantitative estimate of drug-likeness (QED) is 0.357. The summed E-state index contributed by atoms with van der Waals surface area (Å²) in [4.78, 5) is 27.7. The van der Waals surface area contributed by atoms with E-state index in [0.717, 1.165) is 6.54 Å². The molecule has 1 aromatic rings. The van der Waals surface area contributed by atoms with Gasteiger partial charge >= 0.3 is 11.9 Å². The first kappa shape index (κ1) is 28.8. The Hall–Kier alpha value is -2.40. The average Bonchev–Trinajstić information content (AvgIpc) is 3.14. The number of aromatic amines is 1. The number of thiocarbonyl (C=S) groups is 1. The van der Waals surface area contributed by atoms with E-state index in [9.17, 15) is 22.8 Å². The van der Waals surface area contributed by atoms with Crippen LogP contribution in [0.3, 0.4) is 0 Å². The van der Waals surface area contributed by atoms with Gasteiger partial charge in [0, 0.05) is 37.8 Å². The van der Waals surface area contributed by atoms with Crippen molar-refractivity contribution in [3.63, 3.8) is 0 Å². The Morgan fingerprint density at radius 2 is 2.03 bits per heavy atom. The fraction of sp³-hybridized carbons (Fsp3) is 0.682. The second-order valence-electron chi connectivity index (χ2n) is 8.58. The summed E-state index contributed by atoms with van der Waals surface area (Å²) in [6.07, 6.45) is -1.83. The molecule has 0 saturated carbocycles. The maximum absolute atomic E-state index is 13.1. The van der Waals surface area contributed by atoms with Crippen LogP contribution in [0.2, 0.25) is 0 Å². The Balaban J connectivity index is 2.05. The van der Waals surface area contributed by atoms with E-state index in [1.807, 2.05) is 0 Å². The van der Waals surface area contributed by atoms with Gasteiger partial charge in [-0.1, -0.05) is 5.92 Å². The molecular formula is C22H31F3N4O5S. The van der Waals surface area contributed by atoms with Crippen LogP contribution >= 0.6 is 12.2 Å². The van der Waals surface area contributed by atoms with Crippen molar-refractivity contribution in [1.29, 1.82) is 0 Å². The van der Waals surface area contributed by atoms with Gasteiger partial charge in [-0.2, -0.15) is 13.2 Å². The van der Waals surface area contributed by atoms with Gasteiger partial charge in [-0.05, 0) is 39.9 Å². The molecule has 1 fully saturated rings. The van der Waals surface area contributed by atoms with Crippen LogP contribution in [0.25, 0.3) is 0 Å². The number of hydrogen-bond donors (Lipinski definition) is 2. The van der Waals surface area contributed by atoms with Crippen molar-refractivity contribution in [3.8, 4) is 12.3 Å². The summed E-state index contributed by atoms with van der Waals surface area (Å²) in [6.45, 7) is 9.54. The number of ether oxygens (including phenoxy) is 3. The SMILES string of the molecule is C#CCO[C@H]1C[C@H](n2cc(C(F)(F)F)c(=O)[nH]c2=O)O[C@@H]1COC(=S)NCCN(C(C)C)C(C)C. The zero-order chi connectivity index (χ0) is 26.3. The van der Waals surface area contributed by atoms with Gasteiger partial charge in [0.05, 0.1) is 6.10 Å². The third kappa shape index (κ3) is 8.06. The van der Waals surface area contributed by atoms with Crippen molar-refractivity contribution in [2.24, 2.45) is 0 Å². The van der Waals surface area contributed by atoms with E-state index in [1.165, 1.54) is 0 Å². The minimum Gasteiger partial charge on any atom is -0.468 e. The molecule has 2 rings (SSSR count). The zero-order valence-electron chi connectivity index (χ0n) is 20.1. The number of nitrogens with zero attached hydrogens (tertiary/aromatic N) is 2. The number of terminal acetylenes is 1. The van der Waals surface area contributed by atoms with E-state index in [2.05, 4.69) is 43.8 Å². The molecule has 0 spiro atoms. The molecule has 2 heterocycles. The van der Waals surface area contributed by atoms with Crippen LogP contribution in [-0.2, 0) is 20.4 Å². The lowest BCUT2D eigenvalue weighted by Gasteiger charge is -2.30. The highest BCUT2D eigenvalue weighted by Crippen LogP contribution is 2.32. The highest BCUT2D eigenvalue weighted by molar-refractivity contribution is 7.80. The highest BCUT2D eigenvalue weighted by Gasteiger charge is 2.40. The molecule has 1 aliphatic rings. The van der Waals surface area contributed by atoms with Crippen LogP contribution in [0.4, 0.5) is 13.2 Å². The van der Waals surface area contributed by atoms with E-state index in [4.69, 9.17) is 32.9 Å². The number of H-pyrrole nitrogens is 1. The van der Waals surface area contributed by atoms with Gasteiger partial charge in [-0.3, -0.25) is 19.2 Å². The molecule has 2 N–H and O–H groups in total. The van der Waals surface area contributed by atoms with E-state index in [0.29, 0.717) is 29.4 Å². The second-order valence-corrected chi connectivity index (χ2v) is 8.95. The molecule has 196 valence electrons. The Morgan fingerprint density at radius 3 is 2.60 bits per heavy atom. The summed E-state index contributed by atoms with van der Waals surface area (Å²) in [7, 11) is 0. The summed E-state index contributed by atoms with van der Waals surface area (Å²) in [6, 6.07) is 0.719. The smallest absolute Gasteiger partial charge is 0.423 e. The lowest BCUT2D eigenvalue weighted by molar-refractivity contribution is -0.139. The lowest BCUT2D eigenvalue weighted by atomic mass is 10.2. The normalized spacial score (nSPS) is 20.4. The van der Waals surface area contributed by atoms with Gasteiger partial charge in [0.1, 0.15) is 31.1 Å². The van der Waals surface area contributed by atoms with Crippen molar-refractivity contribution in [3.05, 3.63) is 32.6 Å². The summed E-state index contributed by atoms with van der Waals surface area (Å²) in [5.41, 5.74) is -4.08. The molecule has 13 heteroatoms. The van der Waals surface area contributed by atoms with Crippen molar-refractivity contribution in [2.75, 3.05) is 26.3 Å². The lowest BCUT2D eigenvalue weighted by Crippen LogP contribution is -2.43. The van der Waals surface area contributed by atoms with Crippen molar-refractivity contribution < 1.29 is 27.4 Å². The first-order valence-corrected chi connectivity index (χ1v) is 11.6. The largest absolute Gasteiger partial charge is 0.468 e. The third-order valence-electron chi connectivity index (χ3n) is 5.49. The predicted molar refractivity (Wildman–Crippen MR) is 127 cm³/mol. The Morgan fingerprint density at radius 1 is 1.37 bits per heavy atom. The van der Waals surface area contributed by atoms with Crippen molar-refractivity contribution >= 4 is 17.4 Å². The molecule has 0 aliphatic carbocycles. The fourth-order valence-electron chi connectivity index (χ4n) is 3.86. The molecule has 0 unspecified atom stereocenters. The van der Waals surface area contributed by atoms with Crippen LogP contribution < -0.4 is 16.6 Å². The standard InChI is InChI=1S/C22H31F3N4O5S/c1-6-9-32-16-10-18(29-11-15(22(23,24)25)19(30)27-20(29)31)34-17(16)12-33-21(35)26-7-8-28(13(2)3)14(4)5/h1,11,13-14,16-18H,7-10,12H2,2-5H3,(H,26,35)(H,27,30,31)/t16-,17+,18+/m0/s1. The van der Waals surface area contributed by atoms with Crippen LogP contribution in [0.5, 0.6) is 0 Å². The van der Waals surface area contributed by atoms with Crippen LogP contribution in [0, 0.1) is 12.3 Å². The number of aromatic nitrogens is 2. The Labute approximate surface area is 206 Å². The number of alkyl halides is 3. The number of hydrogen-bond acceptors (Lipinski definition) is 7. The van der Waals surface area contributed by atoms with Crippen molar-refractivity contribution in [1.82, 2.24) is 19.8 Å². The van der Waals surface area contributed by atoms with Gasteiger partial charge in [-0.15, -0.1) is 6.42 Å². The molecular weight excluding hydrogens is 489 g/mol. The third-order valence-corrected chi connectivity index (χ3v) is 5.75. The minimum atomic E-state index is -4.94. The van der Waals surface area contributed by atoms with E-state index in [1.54, 1.807) is 4.98 Å². The predicted octanol–water partition coefficient (Wildman–Crippen LogP) is 1.87. The first-order chi connectivity index (χ1) is 16.3. The molecule has 35 heavy (non-hydrogen) atoms. The van der Waals surface area contributed by atoms with Gasteiger partial charge < -0.3 is 19.5 Å². The molecule has 0 aromatic carbocycles. The van der Waals surface area contributed by atoms with E-state index >= 15 is 0 Å². The number of halogens is 3. The summed E-state index contributed by atoms with van der Waals surface area (Å²) in [5, 5.41) is 3.13. The average molecular weight is 521 g/mol. The Bertz CT molecular complexity index is 1010. The maximum atomic E-state index is 13.1. The summed E-state index contributed by atoms with van der Waals surface area (Å²) >= 11 is 5.21. The molecule has 3 atom stereocenters. The highest BCUT2D eigenvalue weighted by atomic mass is 32.1.